The van der Waals surface area contributed by atoms with Crippen LogP contribution >= 0.6 is 15.9 Å². The molecule has 8 heteroatoms. The van der Waals surface area contributed by atoms with Crippen LogP contribution in [0.1, 0.15) is 28.1 Å². The summed E-state index contributed by atoms with van der Waals surface area (Å²) in [7, 11) is 1.63. The highest BCUT2D eigenvalue weighted by Crippen LogP contribution is 2.52. The van der Waals surface area contributed by atoms with Crippen LogP contribution in [0.5, 0.6) is 0 Å². The number of carbonyl (C=O) groups is 2. The summed E-state index contributed by atoms with van der Waals surface area (Å²) in [5.74, 6) is -1.04. The molecule has 2 aromatic carbocycles. The molecule has 0 saturated heterocycles. The number of fused-ring (bicyclic) bond motifs is 5. The first kappa shape index (κ1) is 19.0. The zero-order valence-corrected chi connectivity index (χ0v) is 17.6. The molecule has 152 valence electrons. The Morgan fingerprint density at radius 3 is 2.67 bits per heavy atom. The molecule has 0 bridgehead atoms. The van der Waals surface area contributed by atoms with E-state index in [1.54, 1.807) is 49.5 Å². The molecule has 0 fully saturated rings. The summed E-state index contributed by atoms with van der Waals surface area (Å²) in [5.41, 5.74) is -0.510. The average Bonchev–Trinajstić information content (AvgIpc) is 3.12. The zero-order chi connectivity index (χ0) is 21.2. The molecule has 0 saturated carbocycles. The van der Waals surface area contributed by atoms with Crippen LogP contribution < -0.4 is 10.3 Å². The molecule has 1 unspecified atom stereocenters. The van der Waals surface area contributed by atoms with Gasteiger partial charge in [-0.1, -0.05) is 34.1 Å². The molecule has 0 aliphatic carbocycles. The Balaban J connectivity index is 1.93. The van der Waals surface area contributed by atoms with Gasteiger partial charge in [0.1, 0.15) is 5.58 Å². The first-order chi connectivity index (χ1) is 14.4. The van der Waals surface area contributed by atoms with Gasteiger partial charge in [-0.15, -0.1) is 0 Å². The lowest BCUT2D eigenvalue weighted by atomic mass is 9.84. The van der Waals surface area contributed by atoms with Crippen molar-refractivity contribution < 1.29 is 19.1 Å². The van der Waals surface area contributed by atoms with Crippen molar-refractivity contribution in [1.82, 2.24) is 4.90 Å². The number of nitrogens with zero attached hydrogens (tertiary/aromatic N) is 2. The molecule has 1 spiro atoms. The Morgan fingerprint density at radius 2 is 1.90 bits per heavy atom. The number of aliphatic hydroxyl groups is 1. The zero-order valence-electron chi connectivity index (χ0n) is 16.0. The molecular weight excluding hydrogens is 452 g/mol. The van der Waals surface area contributed by atoms with Crippen LogP contribution in [-0.4, -0.2) is 42.0 Å². The normalized spacial score (nSPS) is 19.8. The molecule has 2 aliphatic heterocycles. The number of halogens is 1. The third-order valence-electron chi connectivity index (χ3n) is 5.87. The highest BCUT2D eigenvalue weighted by atomic mass is 79.9. The number of likely N-dealkylation sites (N-methyl/N-ethyl adjacent to an activating group) is 1. The summed E-state index contributed by atoms with van der Waals surface area (Å²) in [6.45, 7) is -0.0505. The van der Waals surface area contributed by atoms with Gasteiger partial charge in [-0.05, 0) is 30.7 Å². The fraction of sp³-hybridized carbons (Fsp3) is 0.227. The van der Waals surface area contributed by atoms with Gasteiger partial charge in [-0.2, -0.15) is 0 Å². The predicted molar refractivity (Wildman–Crippen MR) is 114 cm³/mol. The number of para-hydroxylation sites is 1. The maximum Gasteiger partial charge on any atom is 0.291 e. The topological polar surface area (TPSA) is 91.1 Å². The fourth-order valence-electron chi connectivity index (χ4n) is 4.60. The van der Waals surface area contributed by atoms with Gasteiger partial charge in [0, 0.05) is 35.9 Å². The van der Waals surface area contributed by atoms with Crippen LogP contribution in [0.4, 0.5) is 5.69 Å². The minimum absolute atomic E-state index is 0.0397. The largest absolute Gasteiger partial charge is 0.450 e. The van der Waals surface area contributed by atoms with E-state index in [2.05, 4.69) is 15.9 Å². The van der Waals surface area contributed by atoms with Crippen molar-refractivity contribution in [2.75, 3.05) is 25.1 Å². The van der Waals surface area contributed by atoms with Gasteiger partial charge >= 0.3 is 0 Å². The summed E-state index contributed by atoms with van der Waals surface area (Å²) in [4.78, 5) is 43.6. The number of hydrogen-bond donors (Lipinski definition) is 1. The van der Waals surface area contributed by atoms with E-state index in [1.807, 2.05) is 0 Å². The van der Waals surface area contributed by atoms with E-state index >= 15 is 0 Å². The van der Waals surface area contributed by atoms with Crippen molar-refractivity contribution in [3.63, 3.8) is 0 Å². The number of aliphatic hydroxyl groups excluding tert-OH is 1. The summed E-state index contributed by atoms with van der Waals surface area (Å²) in [6.07, 6.45) is 0.264. The molecule has 1 atom stereocenters. The lowest BCUT2D eigenvalue weighted by Gasteiger charge is -2.33. The number of amides is 2. The first-order valence-electron chi connectivity index (χ1n) is 9.50. The summed E-state index contributed by atoms with van der Waals surface area (Å²) < 4.78 is 6.59. The van der Waals surface area contributed by atoms with E-state index < -0.39 is 22.8 Å². The van der Waals surface area contributed by atoms with Gasteiger partial charge < -0.3 is 19.3 Å². The Hall–Kier alpha value is -2.97. The monoisotopic (exact) mass is 468 g/mol. The smallest absolute Gasteiger partial charge is 0.291 e. The average molecular weight is 469 g/mol. The lowest BCUT2D eigenvalue weighted by molar-refractivity contribution is -0.125. The molecular formula is C22H17BrN2O5. The molecule has 1 N–H and O–H groups in total. The van der Waals surface area contributed by atoms with E-state index in [-0.39, 0.29) is 36.5 Å². The summed E-state index contributed by atoms with van der Waals surface area (Å²) in [5, 5.41) is 9.68. The third-order valence-corrected chi connectivity index (χ3v) is 6.36. The Kier molecular flexibility index (Phi) is 4.13. The summed E-state index contributed by atoms with van der Waals surface area (Å²) in [6, 6.07) is 12.1. The number of hydrogen-bond acceptors (Lipinski definition) is 5. The fourth-order valence-corrected chi connectivity index (χ4v) is 4.96. The van der Waals surface area contributed by atoms with Gasteiger partial charge in [0.2, 0.25) is 5.76 Å². The standard InChI is InChI=1S/C22H17BrN2O5/c1-24-15-6-3-2-5-14(15)22(21(24)29)17-18(27)13-11-12(23)7-8-16(13)30-19(17)20(28)25(22)9-4-10-26/h2-3,5-8,11,26H,4,9-10H2,1H3. The van der Waals surface area contributed by atoms with E-state index in [4.69, 9.17) is 4.42 Å². The number of carbonyl (C=O) groups excluding carboxylic acids is 2. The second-order valence-electron chi connectivity index (χ2n) is 7.40. The Bertz CT molecular complexity index is 1300. The minimum atomic E-state index is -1.61. The quantitative estimate of drug-likeness (QED) is 0.637. The van der Waals surface area contributed by atoms with E-state index in [9.17, 15) is 19.5 Å². The maximum atomic E-state index is 13.7. The van der Waals surface area contributed by atoms with Crippen LogP contribution in [-0.2, 0) is 10.3 Å². The van der Waals surface area contributed by atoms with Gasteiger partial charge in [0.05, 0.1) is 10.9 Å². The van der Waals surface area contributed by atoms with Crippen LogP contribution in [0.3, 0.4) is 0 Å². The molecule has 30 heavy (non-hydrogen) atoms. The van der Waals surface area contributed by atoms with Gasteiger partial charge in [-0.25, -0.2) is 0 Å². The highest BCUT2D eigenvalue weighted by molar-refractivity contribution is 9.10. The minimum Gasteiger partial charge on any atom is -0.450 e. The molecule has 2 amide bonds. The van der Waals surface area contributed by atoms with E-state index in [0.717, 1.165) is 0 Å². The highest BCUT2D eigenvalue weighted by Gasteiger charge is 2.64. The Morgan fingerprint density at radius 1 is 1.13 bits per heavy atom. The van der Waals surface area contributed by atoms with Gasteiger partial charge in [0.15, 0.2) is 11.0 Å². The number of rotatable bonds is 3. The van der Waals surface area contributed by atoms with Crippen molar-refractivity contribution in [1.29, 1.82) is 0 Å². The van der Waals surface area contributed by atoms with Crippen molar-refractivity contribution in [2.24, 2.45) is 0 Å². The molecule has 5 rings (SSSR count). The van der Waals surface area contributed by atoms with Crippen LogP contribution in [0, 0.1) is 0 Å². The SMILES string of the molecule is CN1C(=O)C2(c3ccccc31)c1c(oc3ccc(Br)cc3c1=O)C(=O)N2CCCO. The molecule has 1 aromatic heterocycles. The van der Waals surface area contributed by atoms with Crippen LogP contribution in [0.25, 0.3) is 11.0 Å². The van der Waals surface area contributed by atoms with Gasteiger partial charge in [0.25, 0.3) is 11.8 Å². The van der Waals surface area contributed by atoms with Gasteiger partial charge in [-0.3, -0.25) is 14.4 Å². The molecule has 2 aliphatic rings. The van der Waals surface area contributed by atoms with Crippen LogP contribution in [0.15, 0.2) is 56.1 Å². The number of anilines is 1. The van der Waals surface area contributed by atoms with Crippen molar-refractivity contribution >= 4 is 44.4 Å². The predicted octanol–water partition coefficient (Wildman–Crippen LogP) is 2.61. The molecule has 7 nitrogen and oxygen atoms in total. The summed E-state index contributed by atoms with van der Waals surface area (Å²) >= 11 is 3.37. The second-order valence-corrected chi connectivity index (χ2v) is 8.32. The Labute approximate surface area is 179 Å². The number of benzene rings is 2. The van der Waals surface area contributed by atoms with Crippen molar-refractivity contribution in [3.8, 4) is 0 Å². The first-order valence-corrected chi connectivity index (χ1v) is 10.3. The maximum absolute atomic E-state index is 13.7. The van der Waals surface area contributed by atoms with E-state index in [1.165, 1.54) is 9.80 Å². The molecule has 3 aromatic rings. The van der Waals surface area contributed by atoms with Crippen molar-refractivity contribution in [2.45, 2.75) is 12.0 Å². The van der Waals surface area contributed by atoms with E-state index in [0.29, 0.717) is 21.1 Å². The van der Waals surface area contributed by atoms with Crippen molar-refractivity contribution in [3.05, 3.63) is 74.0 Å². The van der Waals surface area contributed by atoms with Crippen LogP contribution in [0.2, 0.25) is 0 Å². The second kappa shape index (κ2) is 6.52. The molecule has 0 radical (unpaired) electrons. The lowest BCUT2D eigenvalue weighted by Crippen LogP contribution is -2.53. The molecule has 3 heterocycles. The third kappa shape index (κ3) is 2.20.